The van der Waals surface area contributed by atoms with E-state index in [2.05, 4.69) is 20.8 Å². The molecule has 0 aliphatic carbocycles. The number of nitrogens with zero attached hydrogens (tertiary/aromatic N) is 4. The largest absolute Gasteiger partial charge is 0.493 e. The van der Waals surface area contributed by atoms with Crippen molar-refractivity contribution in [3.05, 3.63) is 18.0 Å². The molecule has 3 rings (SSSR count). The molecule has 2 N–H and O–H groups in total. The molecule has 0 aliphatic rings. The van der Waals surface area contributed by atoms with Crippen LogP contribution in [0.15, 0.2) is 12.1 Å². The Balaban J connectivity index is 1.67. The number of hydrogen-bond donors (Lipinski definition) is 2. The number of carbonyl (C=O) groups excluding carboxylic acids is 1. The summed E-state index contributed by atoms with van der Waals surface area (Å²) in [6, 6.07) is 3.75. The number of anilines is 1. The predicted octanol–water partition coefficient (Wildman–Crippen LogP) is 3.35. The van der Waals surface area contributed by atoms with Gasteiger partial charge in [-0.1, -0.05) is 20.8 Å². The number of rotatable bonds is 9. The molecule has 0 radical (unpaired) electrons. The first-order valence-electron chi connectivity index (χ1n) is 10.6. The van der Waals surface area contributed by atoms with Crippen LogP contribution in [0.1, 0.15) is 45.9 Å². The molecular weight excluding hydrogens is 396 g/mol. The summed E-state index contributed by atoms with van der Waals surface area (Å²) in [7, 11) is 3.22. The number of methoxy groups -OCH3 is 2. The molecule has 0 fully saturated rings. The number of benzene rings is 1. The minimum Gasteiger partial charge on any atom is -0.493 e. The Morgan fingerprint density at radius 2 is 1.71 bits per heavy atom. The third kappa shape index (κ3) is 4.98. The molecule has 0 atom stereocenters. The summed E-state index contributed by atoms with van der Waals surface area (Å²) in [5.74, 6) is 2.79. The molecule has 1 amide bonds. The molecule has 0 unspecified atom stereocenters. The molecule has 2 aromatic heterocycles. The lowest BCUT2D eigenvalue weighted by Gasteiger charge is -2.17. The van der Waals surface area contributed by atoms with Gasteiger partial charge in [0.15, 0.2) is 17.3 Å². The average Bonchev–Trinajstić information content (AvgIpc) is 3.13. The van der Waals surface area contributed by atoms with Crippen molar-refractivity contribution in [1.29, 1.82) is 0 Å². The Labute approximate surface area is 182 Å². The van der Waals surface area contributed by atoms with Gasteiger partial charge >= 0.3 is 0 Å². The van der Waals surface area contributed by atoms with E-state index in [4.69, 9.17) is 14.5 Å². The molecule has 2 heterocycles. The van der Waals surface area contributed by atoms with E-state index >= 15 is 0 Å². The number of carbonyl (C=O) groups is 1. The highest BCUT2D eigenvalue weighted by atomic mass is 16.5. The molecule has 9 heteroatoms. The standard InChI is InChI=1S/C22H32N6O3/c1-14-26-27-20-19(23-10-8-7-9-11-24-21(29)22(2,3)4)25-15-12-17(30-5)18(31-6)13-16(15)28(14)20/h12-13H,7-11H2,1-6H3,(H,23,25)(H,24,29). The maximum Gasteiger partial charge on any atom is 0.225 e. The Kier molecular flexibility index (Phi) is 6.82. The number of nitrogens with one attached hydrogen (secondary N) is 2. The normalized spacial score (nSPS) is 11.7. The summed E-state index contributed by atoms with van der Waals surface area (Å²) in [6.07, 6.45) is 2.89. The summed E-state index contributed by atoms with van der Waals surface area (Å²) in [4.78, 5) is 16.7. The van der Waals surface area contributed by atoms with Gasteiger partial charge in [-0.15, -0.1) is 10.2 Å². The maximum atomic E-state index is 11.9. The number of unbranched alkanes of at least 4 members (excludes halogenated alkanes) is 2. The van der Waals surface area contributed by atoms with E-state index in [1.54, 1.807) is 14.2 Å². The van der Waals surface area contributed by atoms with Gasteiger partial charge in [0, 0.05) is 30.6 Å². The van der Waals surface area contributed by atoms with E-state index in [1.807, 2.05) is 44.2 Å². The first-order chi connectivity index (χ1) is 14.8. The fourth-order valence-corrected chi connectivity index (χ4v) is 3.32. The van der Waals surface area contributed by atoms with Crippen molar-refractivity contribution in [2.45, 2.75) is 47.0 Å². The van der Waals surface area contributed by atoms with Crippen molar-refractivity contribution in [2.75, 3.05) is 32.6 Å². The monoisotopic (exact) mass is 428 g/mol. The van der Waals surface area contributed by atoms with Gasteiger partial charge in [0.1, 0.15) is 5.82 Å². The van der Waals surface area contributed by atoms with Crippen LogP contribution in [0.2, 0.25) is 0 Å². The highest BCUT2D eigenvalue weighted by molar-refractivity contribution is 5.86. The van der Waals surface area contributed by atoms with Crippen LogP contribution in [0.25, 0.3) is 16.7 Å². The summed E-state index contributed by atoms with van der Waals surface area (Å²) < 4.78 is 12.8. The van der Waals surface area contributed by atoms with Crippen LogP contribution in [0.5, 0.6) is 11.5 Å². The van der Waals surface area contributed by atoms with Crippen molar-refractivity contribution in [1.82, 2.24) is 24.9 Å². The van der Waals surface area contributed by atoms with Crippen LogP contribution in [-0.4, -0.2) is 52.8 Å². The van der Waals surface area contributed by atoms with E-state index in [0.717, 1.165) is 42.7 Å². The van der Waals surface area contributed by atoms with Crippen molar-refractivity contribution >= 4 is 28.4 Å². The van der Waals surface area contributed by atoms with E-state index in [1.165, 1.54) is 0 Å². The number of ether oxygens (including phenoxy) is 2. The Morgan fingerprint density at radius 1 is 1.03 bits per heavy atom. The van der Waals surface area contributed by atoms with Gasteiger partial charge in [0.2, 0.25) is 11.6 Å². The van der Waals surface area contributed by atoms with Crippen molar-refractivity contribution in [3.63, 3.8) is 0 Å². The second-order valence-corrected chi connectivity index (χ2v) is 8.56. The number of hydrogen-bond acceptors (Lipinski definition) is 7. The lowest BCUT2D eigenvalue weighted by Crippen LogP contribution is -2.35. The van der Waals surface area contributed by atoms with Crippen LogP contribution in [0.4, 0.5) is 5.82 Å². The molecule has 1 aromatic carbocycles. The molecule has 0 saturated carbocycles. The summed E-state index contributed by atoms with van der Waals surface area (Å²) in [5.41, 5.74) is 1.95. The lowest BCUT2D eigenvalue weighted by molar-refractivity contribution is -0.128. The molecule has 0 saturated heterocycles. The van der Waals surface area contributed by atoms with Gasteiger partial charge in [0.05, 0.1) is 25.3 Å². The van der Waals surface area contributed by atoms with Crippen LogP contribution < -0.4 is 20.1 Å². The third-order valence-electron chi connectivity index (χ3n) is 5.10. The van der Waals surface area contributed by atoms with E-state index in [-0.39, 0.29) is 11.3 Å². The minimum atomic E-state index is -0.349. The number of aryl methyl sites for hydroxylation is 1. The quantitative estimate of drug-likeness (QED) is 0.504. The molecule has 31 heavy (non-hydrogen) atoms. The first-order valence-corrected chi connectivity index (χ1v) is 10.6. The molecule has 168 valence electrons. The fraction of sp³-hybridized carbons (Fsp3) is 0.545. The fourth-order valence-electron chi connectivity index (χ4n) is 3.32. The van der Waals surface area contributed by atoms with Gasteiger partial charge in [-0.2, -0.15) is 0 Å². The molecule has 0 spiro atoms. The van der Waals surface area contributed by atoms with E-state index < -0.39 is 0 Å². The molecule has 0 aliphatic heterocycles. The zero-order valence-electron chi connectivity index (χ0n) is 19.2. The topological polar surface area (TPSA) is 103 Å². The van der Waals surface area contributed by atoms with Crippen molar-refractivity contribution < 1.29 is 14.3 Å². The molecule has 0 bridgehead atoms. The highest BCUT2D eigenvalue weighted by Gasteiger charge is 2.20. The zero-order chi connectivity index (χ0) is 22.6. The number of amides is 1. The Morgan fingerprint density at radius 3 is 2.39 bits per heavy atom. The van der Waals surface area contributed by atoms with Crippen molar-refractivity contribution in [2.24, 2.45) is 5.41 Å². The van der Waals surface area contributed by atoms with Gasteiger partial charge in [0.25, 0.3) is 0 Å². The van der Waals surface area contributed by atoms with Gasteiger partial charge in [-0.05, 0) is 26.2 Å². The van der Waals surface area contributed by atoms with Crippen molar-refractivity contribution in [3.8, 4) is 11.5 Å². The Bertz CT molecular complexity index is 1070. The summed E-state index contributed by atoms with van der Waals surface area (Å²) >= 11 is 0. The van der Waals surface area contributed by atoms with E-state index in [9.17, 15) is 4.79 Å². The van der Waals surface area contributed by atoms with Crippen LogP contribution in [0, 0.1) is 12.3 Å². The molecule has 3 aromatic rings. The second-order valence-electron chi connectivity index (χ2n) is 8.56. The third-order valence-corrected chi connectivity index (χ3v) is 5.10. The number of fused-ring (bicyclic) bond motifs is 3. The van der Waals surface area contributed by atoms with E-state index in [0.29, 0.717) is 29.5 Å². The number of aromatic nitrogens is 4. The van der Waals surface area contributed by atoms with Crippen LogP contribution in [-0.2, 0) is 4.79 Å². The SMILES string of the molecule is COc1cc2nc(NCCCCCNC(=O)C(C)(C)C)c3nnc(C)n3c2cc1OC. The lowest BCUT2D eigenvalue weighted by atomic mass is 9.96. The highest BCUT2D eigenvalue weighted by Crippen LogP contribution is 2.33. The summed E-state index contributed by atoms with van der Waals surface area (Å²) in [5, 5.41) is 14.9. The smallest absolute Gasteiger partial charge is 0.225 e. The first kappa shape index (κ1) is 22.6. The predicted molar refractivity (Wildman–Crippen MR) is 121 cm³/mol. The Hall–Kier alpha value is -3.10. The maximum absolute atomic E-state index is 11.9. The average molecular weight is 429 g/mol. The molecule has 9 nitrogen and oxygen atoms in total. The second kappa shape index (κ2) is 9.36. The van der Waals surface area contributed by atoms with Crippen LogP contribution >= 0.6 is 0 Å². The van der Waals surface area contributed by atoms with Gasteiger partial charge < -0.3 is 20.1 Å². The summed E-state index contributed by atoms with van der Waals surface area (Å²) in [6.45, 7) is 9.11. The van der Waals surface area contributed by atoms with Gasteiger partial charge in [-0.25, -0.2) is 4.98 Å². The van der Waals surface area contributed by atoms with Gasteiger partial charge in [-0.3, -0.25) is 9.20 Å². The van der Waals surface area contributed by atoms with Crippen LogP contribution in [0.3, 0.4) is 0 Å². The minimum absolute atomic E-state index is 0.0858. The molecular formula is C22H32N6O3. The zero-order valence-corrected chi connectivity index (χ0v) is 19.2.